The number of hydrogen-bond acceptors (Lipinski definition) is 4. The highest BCUT2D eigenvalue weighted by molar-refractivity contribution is 7.12. The van der Waals surface area contributed by atoms with Crippen molar-refractivity contribution in [3.8, 4) is 5.75 Å². The van der Waals surface area contributed by atoms with Crippen molar-refractivity contribution in [1.29, 1.82) is 0 Å². The molecule has 3 rings (SSSR count). The number of methoxy groups -OCH3 is 1. The average molecular weight is 382 g/mol. The topological polar surface area (TPSA) is 58.6 Å². The van der Waals surface area contributed by atoms with Crippen LogP contribution < -0.4 is 10.1 Å². The van der Waals surface area contributed by atoms with Crippen LogP contribution in [-0.4, -0.2) is 36.9 Å². The number of ether oxygens (including phenoxy) is 1. The van der Waals surface area contributed by atoms with Gasteiger partial charge in [0, 0.05) is 13.6 Å². The molecule has 1 heterocycles. The summed E-state index contributed by atoms with van der Waals surface area (Å²) in [6.07, 6.45) is 0. The Bertz CT molecular complexity index is 953. The molecule has 2 amide bonds. The molecule has 1 N–H and O–H groups in total. The lowest BCUT2D eigenvalue weighted by Gasteiger charge is -2.22. The molecule has 1 aromatic heterocycles. The summed E-state index contributed by atoms with van der Waals surface area (Å²) in [5.74, 6) is 0.464. The Balaban J connectivity index is 1.65. The lowest BCUT2D eigenvalue weighted by Crippen LogP contribution is -2.45. The standard InChI is InChI=1S/C21H22N2O3S/c1-14(22-20(24)19-5-4-10-27-19)21(25)23(2)13-15-6-7-17-12-18(26-3)9-8-16(17)11-15/h4-12,14H,13H2,1-3H3,(H,22,24). The van der Waals surface area contributed by atoms with Gasteiger partial charge >= 0.3 is 0 Å². The average Bonchev–Trinajstić information content (AvgIpc) is 3.21. The van der Waals surface area contributed by atoms with Crippen molar-refractivity contribution in [2.75, 3.05) is 14.2 Å². The molecule has 5 nitrogen and oxygen atoms in total. The molecule has 0 saturated carbocycles. The number of hydrogen-bond donors (Lipinski definition) is 1. The van der Waals surface area contributed by atoms with E-state index >= 15 is 0 Å². The third-order valence-electron chi connectivity index (χ3n) is 4.37. The van der Waals surface area contributed by atoms with Crippen LogP contribution in [0.25, 0.3) is 10.8 Å². The highest BCUT2D eigenvalue weighted by Crippen LogP contribution is 2.22. The van der Waals surface area contributed by atoms with E-state index in [9.17, 15) is 9.59 Å². The first kappa shape index (κ1) is 18.9. The first-order valence-corrected chi connectivity index (χ1v) is 9.52. The Morgan fingerprint density at radius 3 is 2.59 bits per heavy atom. The molecule has 0 aliphatic heterocycles. The van der Waals surface area contributed by atoms with Gasteiger partial charge in [0.2, 0.25) is 5.91 Å². The van der Waals surface area contributed by atoms with Crippen molar-refractivity contribution in [3.05, 3.63) is 64.4 Å². The Kier molecular flexibility index (Phi) is 5.76. The summed E-state index contributed by atoms with van der Waals surface area (Å²) in [4.78, 5) is 26.9. The van der Waals surface area contributed by atoms with Crippen LogP contribution in [0.4, 0.5) is 0 Å². The maximum absolute atomic E-state index is 12.6. The van der Waals surface area contributed by atoms with Gasteiger partial charge in [-0.25, -0.2) is 0 Å². The first-order chi connectivity index (χ1) is 13.0. The summed E-state index contributed by atoms with van der Waals surface area (Å²) in [7, 11) is 3.39. The van der Waals surface area contributed by atoms with Crippen LogP contribution in [0, 0.1) is 0 Å². The van der Waals surface area contributed by atoms with Crippen LogP contribution in [0.15, 0.2) is 53.9 Å². The van der Waals surface area contributed by atoms with Crippen molar-refractivity contribution in [3.63, 3.8) is 0 Å². The molecule has 0 spiro atoms. The zero-order valence-electron chi connectivity index (χ0n) is 15.6. The Labute approximate surface area is 162 Å². The van der Waals surface area contributed by atoms with Gasteiger partial charge in [0.05, 0.1) is 12.0 Å². The van der Waals surface area contributed by atoms with Crippen LogP contribution in [0.3, 0.4) is 0 Å². The van der Waals surface area contributed by atoms with Crippen LogP contribution in [0.5, 0.6) is 5.75 Å². The summed E-state index contributed by atoms with van der Waals surface area (Å²) in [5, 5.41) is 6.77. The molecular weight excluding hydrogens is 360 g/mol. The molecule has 140 valence electrons. The van der Waals surface area contributed by atoms with Gasteiger partial charge in [0.15, 0.2) is 0 Å². The zero-order chi connectivity index (χ0) is 19.4. The number of nitrogens with zero attached hydrogens (tertiary/aromatic N) is 1. The van der Waals surface area contributed by atoms with Crippen molar-refractivity contribution in [1.82, 2.24) is 10.2 Å². The predicted molar refractivity (Wildman–Crippen MR) is 108 cm³/mol. The first-order valence-electron chi connectivity index (χ1n) is 8.64. The molecule has 3 aromatic rings. The Hall–Kier alpha value is -2.86. The van der Waals surface area contributed by atoms with Crippen LogP contribution in [-0.2, 0) is 11.3 Å². The molecule has 0 aliphatic carbocycles. The molecule has 0 radical (unpaired) electrons. The van der Waals surface area contributed by atoms with E-state index in [0.29, 0.717) is 11.4 Å². The summed E-state index contributed by atoms with van der Waals surface area (Å²) < 4.78 is 5.25. The SMILES string of the molecule is COc1ccc2cc(CN(C)C(=O)C(C)NC(=O)c3cccs3)ccc2c1. The Morgan fingerprint density at radius 1 is 1.15 bits per heavy atom. The fraction of sp³-hybridized carbons (Fsp3) is 0.238. The van der Waals surface area contributed by atoms with E-state index in [1.54, 1.807) is 32.0 Å². The molecule has 0 fully saturated rings. The molecule has 0 aliphatic rings. The van der Waals surface area contributed by atoms with E-state index < -0.39 is 6.04 Å². The second kappa shape index (κ2) is 8.22. The summed E-state index contributed by atoms with van der Waals surface area (Å²) in [5.41, 5.74) is 1.03. The second-order valence-electron chi connectivity index (χ2n) is 6.41. The molecule has 6 heteroatoms. The van der Waals surface area contributed by atoms with Gasteiger partial charge in [-0.05, 0) is 52.9 Å². The van der Waals surface area contributed by atoms with E-state index in [1.165, 1.54) is 11.3 Å². The van der Waals surface area contributed by atoms with E-state index in [4.69, 9.17) is 4.74 Å². The number of benzene rings is 2. The largest absolute Gasteiger partial charge is 0.497 e. The summed E-state index contributed by atoms with van der Waals surface area (Å²) >= 11 is 1.35. The quantitative estimate of drug-likeness (QED) is 0.707. The molecule has 2 aromatic carbocycles. The van der Waals surface area contributed by atoms with Gasteiger partial charge < -0.3 is 15.0 Å². The normalized spacial score (nSPS) is 11.8. The van der Waals surface area contributed by atoms with Gasteiger partial charge in [-0.15, -0.1) is 11.3 Å². The minimum absolute atomic E-state index is 0.130. The highest BCUT2D eigenvalue weighted by atomic mass is 32.1. The zero-order valence-corrected chi connectivity index (χ0v) is 16.4. The molecule has 1 atom stereocenters. The van der Waals surface area contributed by atoms with Crippen LogP contribution in [0.1, 0.15) is 22.2 Å². The summed E-state index contributed by atoms with van der Waals surface area (Å²) in [6.45, 7) is 2.18. The van der Waals surface area contributed by atoms with Gasteiger partial charge in [0.1, 0.15) is 11.8 Å². The lowest BCUT2D eigenvalue weighted by atomic mass is 10.1. The van der Waals surface area contributed by atoms with E-state index in [1.807, 2.05) is 41.8 Å². The van der Waals surface area contributed by atoms with E-state index in [2.05, 4.69) is 11.4 Å². The van der Waals surface area contributed by atoms with Gasteiger partial charge in [-0.2, -0.15) is 0 Å². The fourth-order valence-electron chi connectivity index (χ4n) is 2.92. The number of nitrogens with one attached hydrogen (secondary N) is 1. The smallest absolute Gasteiger partial charge is 0.261 e. The number of rotatable bonds is 6. The van der Waals surface area contributed by atoms with E-state index in [0.717, 1.165) is 22.1 Å². The number of thiophene rings is 1. The molecule has 1 unspecified atom stereocenters. The van der Waals surface area contributed by atoms with Gasteiger partial charge in [-0.3, -0.25) is 9.59 Å². The number of carbonyl (C=O) groups excluding carboxylic acids is 2. The lowest BCUT2D eigenvalue weighted by molar-refractivity contribution is -0.132. The van der Waals surface area contributed by atoms with Crippen molar-refractivity contribution in [2.24, 2.45) is 0 Å². The number of amides is 2. The third kappa shape index (κ3) is 4.46. The second-order valence-corrected chi connectivity index (χ2v) is 7.36. The fourth-order valence-corrected chi connectivity index (χ4v) is 3.55. The molecule has 0 saturated heterocycles. The van der Waals surface area contributed by atoms with Crippen LogP contribution >= 0.6 is 11.3 Å². The van der Waals surface area contributed by atoms with Gasteiger partial charge in [0.25, 0.3) is 5.91 Å². The minimum atomic E-state index is -0.589. The maximum Gasteiger partial charge on any atom is 0.261 e. The van der Waals surface area contributed by atoms with Crippen molar-refractivity contribution in [2.45, 2.75) is 19.5 Å². The Morgan fingerprint density at radius 2 is 1.89 bits per heavy atom. The molecular formula is C21H22N2O3S. The van der Waals surface area contributed by atoms with Crippen molar-refractivity contribution < 1.29 is 14.3 Å². The third-order valence-corrected chi connectivity index (χ3v) is 5.24. The van der Waals surface area contributed by atoms with E-state index in [-0.39, 0.29) is 11.8 Å². The van der Waals surface area contributed by atoms with Crippen LogP contribution in [0.2, 0.25) is 0 Å². The molecule has 27 heavy (non-hydrogen) atoms. The number of carbonyl (C=O) groups is 2. The minimum Gasteiger partial charge on any atom is -0.497 e. The number of likely N-dealkylation sites (N-methyl/N-ethyl adjacent to an activating group) is 1. The predicted octanol–water partition coefficient (Wildman–Crippen LogP) is 3.69. The van der Waals surface area contributed by atoms with Crippen molar-refractivity contribution >= 4 is 33.9 Å². The molecule has 0 bridgehead atoms. The summed E-state index contributed by atoms with van der Waals surface area (Å²) in [6, 6.07) is 15.0. The highest BCUT2D eigenvalue weighted by Gasteiger charge is 2.20. The maximum atomic E-state index is 12.6. The number of fused-ring (bicyclic) bond motifs is 1. The van der Waals surface area contributed by atoms with Gasteiger partial charge in [-0.1, -0.05) is 24.3 Å². The monoisotopic (exact) mass is 382 g/mol.